The molecule has 1 aromatic heterocycles. The van der Waals surface area contributed by atoms with E-state index in [1.807, 2.05) is 18.2 Å². The summed E-state index contributed by atoms with van der Waals surface area (Å²) in [5.74, 6) is 0.409. The van der Waals surface area contributed by atoms with E-state index < -0.39 is 9.84 Å². The summed E-state index contributed by atoms with van der Waals surface area (Å²) in [5, 5.41) is 6.96. The van der Waals surface area contributed by atoms with Crippen LogP contribution in [0.15, 0.2) is 18.2 Å². The second-order valence-electron chi connectivity index (χ2n) is 6.41. The van der Waals surface area contributed by atoms with Gasteiger partial charge in [0.15, 0.2) is 9.84 Å². The lowest BCUT2D eigenvalue weighted by Crippen LogP contribution is -2.39. The number of benzene rings is 1. The van der Waals surface area contributed by atoms with Crippen LogP contribution in [-0.4, -0.2) is 43.4 Å². The number of rotatable bonds is 5. The maximum Gasteiger partial charge on any atom is 0.239 e. The number of thiazole rings is 1. The van der Waals surface area contributed by atoms with Crippen molar-refractivity contribution >= 4 is 43.0 Å². The van der Waals surface area contributed by atoms with Crippen molar-refractivity contribution in [1.82, 2.24) is 10.3 Å². The summed E-state index contributed by atoms with van der Waals surface area (Å²) in [6.45, 7) is 4.35. The highest BCUT2D eigenvalue weighted by molar-refractivity contribution is 7.91. The molecule has 0 radical (unpaired) electrons. The van der Waals surface area contributed by atoms with Crippen LogP contribution in [0.25, 0.3) is 10.2 Å². The first-order valence-corrected chi connectivity index (χ1v) is 10.6. The van der Waals surface area contributed by atoms with Crippen LogP contribution in [0, 0.1) is 0 Å². The highest BCUT2D eigenvalue weighted by Crippen LogP contribution is 2.29. The lowest BCUT2D eigenvalue weighted by Gasteiger charge is -2.12. The zero-order valence-electron chi connectivity index (χ0n) is 13.7. The van der Waals surface area contributed by atoms with E-state index in [9.17, 15) is 13.2 Å². The Kier molecular flexibility index (Phi) is 4.78. The quantitative estimate of drug-likeness (QED) is 0.845. The molecule has 0 saturated carbocycles. The summed E-state index contributed by atoms with van der Waals surface area (Å²) in [6, 6.07) is 5.58. The molecule has 1 aromatic carbocycles. The van der Waals surface area contributed by atoms with Gasteiger partial charge in [-0.05, 0) is 24.6 Å². The highest BCUT2D eigenvalue weighted by Gasteiger charge is 2.28. The molecule has 1 fully saturated rings. The Morgan fingerprint density at radius 2 is 2.21 bits per heavy atom. The number of fused-ring (bicyclic) bond motifs is 1. The average molecular weight is 367 g/mol. The summed E-state index contributed by atoms with van der Waals surface area (Å²) >= 11 is 1.66. The van der Waals surface area contributed by atoms with Crippen molar-refractivity contribution in [3.8, 4) is 0 Å². The normalized spacial score (nSPS) is 19.7. The number of carbonyl (C=O) groups excluding carboxylic acids is 1. The van der Waals surface area contributed by atoms with Crippen molar-refractivity contribution < 1.29 is 13.2 Å². The lowest BCUT2D eigenvalue weighted by molar-refractivity contribution is -0.119. The summed E-state index contributed by atoms with van der Waals surface area (Å²) < 4.78 is 23.9. The summed E-state index contributed by atoms with van der Waals surface area (Å²) in [4.78, 5) is 16.5. The van der Waals surface area contributed by atoms with E-state index in [1.165, 1.54) is 0 Å². The second kappa shape index (κ2) is 6.68. The zero-order valence-corrected chi connectivity index (χ0v) is 15.3. The van der Waals surface area contributed by atoms with Gasteiger partial charge < -0.3 is 10.6 Å². The van der Waals surface area contributed by atoms with Crippen LogP contribution < -0.4 is 10.6 Å². The van der Waals surface area contributed by atoms with Crippen LogP contribution in [-0.2, 0) is 14.6 Å². The third-order valence-corrected chi connectivity index (χ3v) is 7.04. The van der Waals surface area contributed by atoms with Gasteiger partial charge in [0.05, 0.1) is 33.3 Å². The van der Waals surface area contributed by atoms with Gasteiger partial charge in [0.25, 0.3) is 0 Å². The summed E-state index contributed by atoms with van der Waals surface area (Å²) in [6.07, 6.45) is 0.499. The molecule has 1 saturated heterocycles. The first-order chi connectivity index (χ1) is 11.3. The molecule has 1 atom stereocenters. The van der Waals surface area contributed by atoms with Gasteiger partial charge in [-0.3, -0.25) is 4.79 Å². The molecule has 3 rings (SSSR count). The molecule has 0 aliphatic carbocycles. The number of nitrogens with zero attached hydrogens (tertiary/aromatic N) is 1. The van der Waals surface area contributed by atoms with E-state index >= 15 is 0 Å². The van der Waals surface area contributed by atoms with Crippen molar-refractivity contribution in [2.75, 3.05) is 23.4 Å². The fourth-order valence-corrected chi connectivity index (χ4v) is 5.35. The van der Waals surface area contributed by atoms with Gasteiger partial charge >= 0.3 is 0 Å². The van der Waals surface area contributed by atoms with E-state index in [2.05, 4.69) is 29.5 Å². The SMILES string of the molecule is CC(C)c1nc2ccc(NCC(=O)NC3CCS(=O)(=O)C3)cc2s1. The highest BCUT2D eigenvalue weighted by atomic mass is 32.2. The van der Waals surface area contributed by atoms with Gasteiger partial charge in [-0.2, -0.15) is 0 Å². The van der Waals surface area contributed by atoms with Gasteiger partial charge in [-0.1, -0.05) is 13.8 Å². The number of nitrogens with one attached hydrogen (secondary N) is 2. The van der Waals surface area contributed by atoms with E-state index in [0.717, 1.165) is 20.9 Å². The Balaban J connectivity index is 1.58. The number of aromatic nitrogens is 1. The Morgan fingerprint density at radius 3 is 2.88 bits per heavy atom. The second-order valence-corrected chi connectivity index (χ2v) is 9.70. The maximum absolute atomic E-state index is 12.0. The molecule has 0 bridgehead atoms. The summed E-state index contributed by atoms with van der Waals surface area (Å²) in [5.41, 5.74) is 1.82. The largest absolute Gasteiger partial charge is 0.376 e. The van der Waals surface area contributed by atoms with Crippen molar-refractivity contribution in [2.45, 2.75) is 32.2 Å². The van der Waals surface area contributed by atoms with Crippen molar-refractivity contribution in [3.63, 3.8) is 0 Å². The third kappa shape index (κ3) is 4.05. The molecule has 0 spiro atoms. The molecule has 2 aromatic rings. The smallest absolute Gasteiger partial charge is 0.239 e. The van der Waals surface area contributed by atoms with Crippen molar-refractivity contribution in [3.05, 3.63) is 23.2 Å². The molecule has 1 aliphatic heterocycles. The maximum atomic E-state index is 12.0. The molecule has 24 heavy (non-hydrogen) atoms. The van der Waals surface area contributed by atoms with E-state index in [-0.39, 0.29) is 30.0 Å². The van der Waals surface area contributed by atoms with Gasteiger partial charge in [-0.15, -0.1) is 11.3 Å². The Bertz CT molecular complexity index is 859. The van der Waals surface area contributed by atoms with Crippen LogP contribution in [0.1, 0.15) is 31.2 Å². The number of hydrogen-bond acceptors (Lipinski definition) is 6. The van der Waals surface area contributed by atoms with E-state index in [4.69, 9.17) is 0 Å². The molecule has 8 heteroatoms. The number of anilines is 1. The predicted octanol–water partition coefficient (Wildman–Crippen LogP) is 2.13. The minimum absolute atomic E-state index is 0.0452. The zero-order chi connectivity index (χ0) is 17.3. The van der Waals surface area contributed by atoms with E-state index in [0.29, 0.717) is 12.3 Å². The van der Waals surface area contributed by atoms with Crippen molar-refractivity contribution in [2.24, 2.45) is 0 Å². The van der Waals surface area contributed by atoms with Gasteiger partial charge in [0, 0.05) is 17.6 Å². The molecule has 2 heterocycles. The Hall–Kier alpha value is -1.67. The lowest BCUT2D eigenvalue weighted by atomic mass is 10.2. The molecule has 1 amide bonds. The first kappa shape index (κ1) is 17.2. The molecule has 1 unspecified atom stereocenters. The van der Waals surface area contributed by atoms with Crippen LogP contribution in [0.5, 0.6) is 0 Å². The monoisotopic (exact) mass is 367 g/mol. The summed E-state index contributed by atoms with van der Waals surface area (Å²) in [7, 11) is -2.98. The fraction of sp³-hybridized carbons (Fsp3) is 0.500. The molecule has 2 N–H and O–H groups in total. The molecule has 130 valence electrons. The van der Waals surface area contributed by atoms with E-state index in [1.54, 1.807) is 11.3 Å². The number of carbonyl (C=O) groups is 1. The van der Waals surface area contributed by atoms with Gasteiger partial charge in [0.1, 0.15) is 0 Å². The fourth-order valence-electron chi connectivity index (χ4n) is 2.67. The first-order valence-electron chi connectivity index (χ1n) is 7.96. The Morgan fingerprint density at radius 1 is 1.42 bits per heavy atom. The minimum atomic E-state index is -2.98. The molecular formula is C16H21N3O3S2. The molecule has 1 aliphatic rings. The minimum Gasteiger partial charge on any atom is -0.376 e. The topological polar surface area (TPSA) is 88.2 Å². The Labute approximate surface area is 145 Å². The predicted molar refractivity (Wildman–Crippen MR) is 97.4 cm³/mol. The third-order valence-electron chi connectivity index (χ3n) is 3.95. The molecular weight excluding hydrogens is 346 g/mol. The van der Waals surface area contributed by atoms with Crippen LogP contribution in [0.4, 0.5) is 5.69 Å². The number of amides is 1. The van der Waals surface area contributed by atoms with Crippen molar-refractivity contribution in [1.29, 1.82) is 0 Å². The number of hydrogen-bond donors (Lipinski definition) is 2. The average Bonchev–Trinajstić information content (AvgIpc) is 3.07. The van der Waals surface area contributed by atoms with Crippen LogP contribution in [0.3, 0.4) is 0 Å². The van der Waals surface area contributed by atoms with Gasteiger partial charge in [0.2, 0.25) is 5.91 Å². The standard InChI is InChI=1S/C16H21N3O3S2/c1-10(2)16-19-13-4-3-11(7-14(13)23-16)17-8-15(20)18-12-5-6-24(21,22)9-12/h3-4,7,10,12,17H,5-6,8-9H2,1-2H3,(H,18,20). The molecule has 6 nitrogen and oxygen atoms in total. The van der Waals surface area contributed by atoms with Crippen LogP contribution in [0.2, 0.25) is 0 Å². The van der Waals surface area contributed by atoms with Crippen LogP contribution >= 0.6 is 11.3 Å². The van der Waals surface area contributed by atoms with Gasteiger partial charge in [-0.25, -0.2) is 13.4 Å². The number of sulfone groups is 1.